The molecule has 7 heteroatoms. The van der Waals surface area contributed by atoms with Gasteiger partial charge in [-0.25, -0.2) is 9.78 Å². The van der Waals surface area contributed by atoms with Gasteiger partial charge in [0.25, 0.3) is 0 Å². The van der Waals surface area contributed by atoms with E-state index < -0.39 is 0 Å². The van der Waals surface area contributed by atoms with Gasteiger partial charge in [-0.2, -0.15) is 5.10 Å². The summed E-state index contributed by atoms with van der Waals surface area (Å²) in [6.45, 7) is 4.50. The van der Waals surface area contributed by atoms with Gasteiger partial charge in [-0.15, -0.1) is 11.3 Å². The fraction of sp³-hybridized carbons (Fsp3) is 0.235. The Labute approximate surface area is 143 Å². The van der Waals surface area contributed by atoms with Gasteiger partial charge in [-0.05, 0) is 37.6 Å². The topological polar surface area (TPSA) is 77.2 Å². The number of aryl methyl sites for hydroxylation is 1. The second-order valence-corrected chi connectivity index (χ2v) is 6.27. The fourth-order valence-electron chi connectivity index (χ4n) is 2.34. The van der Waals surface area contributed by atoms with Crippen molar-refractivity contribution >= 4 is 17.3 Å². The molecule has 2 aromatic heterocycles. The molecule has 2 heterocycles. The lowest BCUT2D eigenvalue weighted by atomic mass is 10.1. The maximum atomic E-state index is 11.7. The molecule has 1 N–H and O–H groups in total. The van der Waals surface area contributed by atoms with Gasteiger partial charge in [-0.1, -0.05) is 0 Å². The molecular formula is C17H17N3O3S. The predicted molar refractivity (Wildman–Crippen MR) is 91.2 cm³/mol. The van der Waals surface area contributed by atoms with Gasteiger partial charge < -0.3 is 9.84 Å². The van der Waals surface area contributed by atoms with Crippen molar-refractivity contribution in [2.45, 2.75) is 20.4 Å². The first kappa shape index (κ1) is 16.2. The Kier molecular flexibility index (Phi) is 4.61. The summed E-state index contributed by atoms with van der Waals surface area (Å²) >= 11 is 1.51. The monoisotopic (exact) mass is 343 g/mol. The molecule has 6 nitrogen and oxygen atoms in total. The van der Waals surface area contributed by atoms with Gasteiger partial charge in [0.1, 0.15) is 10.8 Å². The summed E-state index contributed by atoms with van der Waals surface area (Å²) in [7, 11) is 0. The smallest absolute Gasteiger partial charge is 0.341 e. The third kappa shape index (κ3) is 3.62. The molecule has 0 aliphatic carbocycles. The highest BCUT2D eigenvalue weighted by atomic mass is 32.1. The first-order valence-corrected chi connectivity index (χ1v) is 8.38. The summed E-state index contributed by atoms with van der Waals surface area (Å²) < 4.78 is 6.60. The second-order valence-electron chi connectivity index (χ2n) is 5.33. The number of hydrogen-bond donors (Lipinski definition) is 1. The minimum Gasteiger partial charge on any atom is -0.508 e. The normalized spacial score (nSPS) is 10.8. The molecule has 0 saturated carbocycles. The van der Waals surface area contributed by atoms with Crippen LogP contribution < -0.4 is 0 Å². The van der Waals surface area contributed by atoms with E-state index in [1.165, 1.54) is 17.5 Å². The Bertz CT molecular complexity index is 849. The van der Waals surface area contributed by atoms with Crippen molar-refractivity contribution in [2.24, 2.45) is 0 Å². The third-order valence-corrected chi connectivity index (χ3v) is 4.18. The number of carbonyl (C=O) groups is 1. The predicted octanol–water partition coefficient (Wildman–Crippen LogP) is 3.25. The molecule has 0 aliphatic rings. The number of benzene rings is 1. The van der Waals surface area contributed by atoms with E-state index in [9.17, 15) is 9.90 Å². The van der Waals surface area contributed by atoms with Crippen molar-refractivity contribution in [1.82, 2.24) is 14.8 Å². The average Bonchev–Trinajstić information content (AvgIpc) is 3.16. The number of hydrogen-bond acceptors (Lipinski definition) is 6. The van der Waals surface area contributed by atoms with Crippen LogP contribution in [0.15, 0.2) is 36.0 Å². The van der Waals surface area contributed by atoms with Gasteiger partial charge in [0.05, 0.1) is 30.6 Å². The van der Waals surface area contributed by atoms with Crippen LogP contribution in [0.2, 0.25) is 0 Å². The van der Waals surface area contributed by atoms with Crippen LogP contribution in [0, 0.1) is 6.92 Å². The minimum atomic E-state index is -0.376. The lowest BCUT2D eigenvalue weighted by Gasteiger charge is -2.01. The van der Waals surface area contributed by atoms with Crippen LogP contribution in [0.3, 0.4) is 0 Å². The van der Waals surface area contributed by atoms with E-state index in [2.05, 4.69) is 10.1 Å². The van der Waals surface area contributed by atoms with Crippen LogP contribution >= 0.6 is 11.3 Å². The summed E-state index contributed by atoms with van der Waals surface area (Å²) in [4.78, 5) is 16.2. The molecule has 0 atom stereocenters. The number of nitrogens with zero attached hydrogens (tertiary/aromatic N) is 3. The van der Waals surface area contributed by atoms with Crippen molar-refractivity contribution in [1.29, 1.82) is 0 Å². The Morgan fingerprint density at radius 3 is 2.96 bits per heavy atom. The van der Waals surface area contributed by atoms with E-state index in [1.807, 2.05) is 18.4 Å². The van der Waals surface area contributed by atoms with Crippen LogP contribution in [-0.4, -0.2) is 32.4 Å². The van der Waals surface area contributed by atoms with Crippen molar-refractivity contribution in [3.05, 3.63) is 52.1 Å². The Morgan fingerprint density at radius 2 is 2.21 bits per heavy atom. The lowest BCUT2D eigenvalue weighted by Crippen LogP contribution is -2.04. The highest BCUT2D eigenvalue weighted by molar-refractivity contribution is 7.09. The average molecular weight is 343 g/mol. The fourth-order valence-corrected chi connectivity index (χ4v) is 3.13. The van der Waals surface area contributed by atoms with Crippen LogP contribution in [0.1, 0.15) is 27.9 Å². The largest absolute Gasteiger partial charge is 0.508 e. The zero-order chi connectivity index (χ0) is 17.1. The number of carbonyl (C=O) groups excluding carboxylic acids is 1. The Hall–Kier alpha value is -2.67. The molecule has 24 heavy (non-hydrogen) atoms. The SMILES string of the molecule is CCOC(=O)c1cnn(Cc2nc(-c3cc(C)cc(O)c3)cs2)c1. The van der Waals surface area contributed by atoms with E-state index in [0.717, 1.165) is 21.8 Å². The molecule has 0 unspecified atom stereocenters. The zero-order valence-corrected chi connectivity index (χ0v) is 14.2. The molecule has 0 amide bonds. The number of aromatic nitrogens is 3. The molecule has 0 aliphatic heterocycles. The van der Waals surface area contributed by atoms with Crippen molar-refractivity contribution in [2.75, 3.05) is 6.61 Å². The van der Waals surface area contributed by atoms with Crippen LogP contribution in [0.4, 0.5) is 0 Å². The van der Waals surface area contributed by atoms with Crippen LogP contribution in [0.5, 0.6) is 5.75 Å². The maximum Gasteiger partial charge on any atom is 0.341 e. The molecule has 0 radical (unpaired) electrons. The van der Waals surface area contributed by atoms with E-state index in [1.54, 1.807) is 29.9 Å². The number of esters is 1. The Morgan fingerprint density at radius 1 is 1.38 bits per heavy atom. The van der Waals surface area contributed by atoms with E-state index >= 15 is 0 Å². The van der Waals surface area contributed by atoms with Crippen molar-refractivity contribution in [3.8, 4) is 17.0 Å². The van der Waals surface area contributed by atoms with Gasteiger partial charge in [-0.3, -0.25) is 4.68 Å². The molecule has 0 fully saturated rings. The van der Waals surface area contributed by atoms with Gasteiger partial charge in [0.2, 0.25) is 0 Å². The van der Waals surface area contributed by atoms with Gasteiger partial charge in [0.15, 0.2) is 0 Å². The van der Waals surface area contributed by atoms with Crippen molar-refractivity contribution in [3.63, 3.8) is 0 Å². The highest BCUT2D eigenvalue weighted by Crippen LogP contribution is 2.26. The minimum absolute atomic E-state index is 0.228. The molecule has 0 bridgehead atoms. The molecule has 0 spiro atoms. The van der Waals surface area contributed by atoms with Gasteiger partial charge in [0, 0.05) is 17.1 Å². The number of thiazole rings is 1. The summed E-state index contributed by atoms with van der Waals surface area (Å²) in [6.07, 6.45) is 3.14. The Balaban J connectivity index is 1.75. The summed E-state index contributed by atoms with van der Waals surface area (Å²) in [6, 6.07) is 5.38. The van der Waals surface area contributed by atoms with E-state index in [-0.39, 0.29) is 11.7 Å². The highest BCUT2D eigenvalue weighted by Gasteiger charge is 2.11. The third-order valence-electron chi connectivity index (χ3n) is 3.35. The summed E-state index contributed by atoms with van der Waals surface area (Å²) in [5, 5.41) is 16.7. The van der Waals surface area contributed by atoms with Crippen molar-refractivity contribution < 1.29 is 14.6 Å². The standard InChI is InChI=1S/C17H17N3O3S/c1-3-23-17(22)13-7-18-20(8-13)9-16-19-15(10-24-16)12-4-11(2)5-14(21)6-12/h4-8,10,21H,3,9H2,1-2H3. The maximum absolute atomic E-state index is 11.7. The summed E-state index contributed by atoms with van der Waals surface area (Å²) in [5.74, 6) is -0.149. The number of phenols is 1. The number of rotatable bonds is 5. The quantitative estimate of drug-likeness (QED) is 0.720. The molecule has 1 aromatic carbocycles. The first-order chi connectivity index (χ1) is 11.5. The number of phenolic OH excluding ortho intramolecular Hbond substituents is 1. The number of ether oxygens (including phenoxy) is 1. The zero-order valence-electron chi connectivity index (χ0n) is 13.4. The summed E-state index contributed by atoms with van der Waals surface area (Å²) in [5.41, 5.74) is 3.09. The molecule has 3 aromatic rings. The van der Waals surface area contributed by atoms with Crippen LogP contribution in [0.25, 0.3) is 11.3 Å². The van der Waals surface area contributed by atoms with Gasteiger partial charge >= 0.3 is 5.97 Å². The molecule has 124 valence electrons. The molecule has 0 saturated heterocycles. The molecular weight excluding hydrogens is 326 g/mol. The lowest BCUT2D eigenvalue weighted by molar-refractivity contribution is 0.0526. The van der Waals surface area contributed by atoms with Crippen LogP contribution in [-0.2, 0) is 11.3 Å². The van der Waals surface area contributed by atoms with E-state index in [0.29, 0.717) is 18.7 Å². The van der Waals surface area contributed by atoms with E-state index in [4.69, 9.17) is 4.74 Å². The second kappa shape index (κ2) is 6.84. The number of aromatic hydroxyl groups is 1. The molecule has 3 rings (SSSR count). The first-order valence-electron chi connectivity index (χ1n) is 7.50.